The second-order valence-corrected chi connectivity index (χ2v) is 6.51. The first kappa shape index (κ1) is 13.7. The number of anilines is 2. The Bertz CT molecular complexity index is 438. The molecule has 0 amide bonds. The molecule has 0 radical (unpaired) electrons. The van der Waals surface area contributed by atoms with Crippen molar-refractivity contribution < 1.29 is 0 Å². The molecule has 2 aliphatic rings. The zero-order chi connectivity index (χ0) is 13.9. The number of piperazine rings is 1. The minimum absolute atomic E-state index is 0.828. The lowest BCUT2D eigenvalue weighted by molar-refractivity contribution is 0.127. The molecule has 2 atom stereocenters. The third-order valence-corrected chi connectivity index (χ3v) is 5.02. The van der Waals surface area contributed by atoms with Gasteiger partial charge in [0.2, 0.25) is 0 Å². The summed E-state index contributed by atoms with van der Waals surface area (Å²) < 4.78 is 0. The fraction of sp³-hybridized carbons (Fsp3) is 0.647. The van der Waals surface area contributed by atoms with Crippen molar-refractivity contribution in [1.29, 1.82) is 0 Å². The van der Waals surface area contributed by atoms with Crippen LogP contribution in [0.2, 0.25) is 0 Å². The van der Waals surface area contributed by atoms with Crippen molar-refractivity contribution in [3.8, 4) is 0 Å². The Balaban J connectivity index is 1.58. The lowest BCUT2D eigenvalue weighted by Gasteiger charge is -2.42. The minimum atomic E-state index is 0.828. The zero-order valence-corrected chi connectivity index (χ0v) is 12.6. The van der Waals surface area contributed by atoms with Crippen molar-refractivity contribution in [2.24, 2.45) is 5.92 Å². The number of para-hydroxylation sites is 2. The number of nitrogen functional groups attached to an aromatic ring is 1. The first-order valence-electron chi connectivity index (χ1n) is 8.07. The van der Waals surface area contributed by atoms with Gasteiger partial charge < -0.3 is 10.6 Å². The van der Waals surface area contributed by atoms with E-state index in [1.54, 1.807) is 0 Å². The Hall–Kier alpha value is -1.22. The molecular weight excluding hydrogens is 246 g/mol. The molecule has 1 aliphatic heterocycles. The highest BCUT2D eigenvalue weighted by molar-refractivity contribution is 5.67. The van der Waals surface area contributed by atoms with E-state index in [2.05, 4.69) is 28.9 Å². The maximum Gasteiger partial charge on any atom is 0.0600 e. The topological polar surface area (TPSA) is 32.5 Å². The Kier molecular flexibility index (Phi) is 4.16. The molecule has 1 heterocycles. The van der Waals surface area contributed by atoms with Crippen molar-refractivity contribution in [2.75, 3.05) is 36.8 Å². The van der Waals surface area contributed by atoms with E-state index in [0.717, 1.165) is 30.7 Å². The summed E-state index contributed by atoms with van der Waals surface area (Å²) >= 11 is 0. The molecule has 2 unspecified atom stereocenters. The number of nitrogens with two attached hydrogens (primary N) is 1. The predicted molar refractivity (Wildman–Crippen MR) is 86.1 cm³/mol. The van der Waals surface area contributed by atoms with Gasteiger partial charge in [0.05, 0.1) is 11.4 Å². The number of rotatable bonds is 2. The Morgan fingerprint density at radius 2 is 1.80 bits per heavy atom. The highest BCUT2D eigenvalue weighted by atomic mass is 15.3. The van der Waals surface area contributed by atoms with Crippen LogP contribution in [0.15, 0.2) is 24.3 Å². The zero-order valence-electron chi connectivity index (χ0n) is 12.6. The van der Waals surface area contributed by atoms with Gasteiger partial charge in [-0.1, -0.05) is 31.9 Å². The lowest BCUT2D eigenvalue weighted by atomic mass is 9.86. The van der Waals surface area contributed by atoms with Crippen LogP contribution in [0, 0.1) is 5.92 Å². The molecule has 1 aromatic rings. The fourth-order valence-corrected chi connectivity index (χ4v) is 3.84. The van der Waals surface area contributed by atoms with Gasteiger partial charge in [-0.05, 0) is 30.9 Å². The minimum Gasteiger partial charge on any atom is -0.397 e. The number of hydrogen-bond acceptors (Lipinski definition) is 3. The maximum absolute atomic E-state index is 6.09. The number of hydrogen-bond donors (Lipinski definition) is 1. The van der Waals surface area contributed by atoms with E-state index >= 15 is 0 Å². The Morgan fingerprint density at radius 3 is 2.50 bits per heavy atom. The Morgan fingerprint density at radius 1 is 1.05 bits per heavy atom. The monoisotopic (exact) mass is 273 g/mol. The largest absolute Gasteiger partial charge is 0.397 e. The summed E-state index contributed by atoms with van der Waals surface area (Å²) in [6, 6.07) is 9.08. The molecule has 1 aliphatic carbocycles. The van der Waals surface area contributed by atoms with Gasteiger partial charge >= 0.3 is 0 Å². The highest BCUT2D eigenvalue weighted by Gasteiger charge is 2.27. The summed E-state index contributed by atoms with van der Waals surface area (Å²) in [6.07, 6.45) is 5.64. The smallest absolute Gasteiger partial charge is 0.0600 e. The first-order valence-corrected chi connectivity index (χ1v) is 8.07. The molecule has 3 rings (SSSR count). The van der Waals surface area contributed by atoms with Crippen molar-refractivity contribution in [2.45, 2.75) is 38.6 Å². The summed E-state index contributed by atoms with van der Waals surface area (Å²) in [4.78, 5) is 5.16. The fourth-order valence-electron chi connectivity index (χ4n) is 3.84. The average Bonchev–Trinajstić information content (AvgIpc) is 2.48. The predicted octanol–water partition coefficient (Wildman–Crippen LogP) is 2.97. The van der Waals surface area contributed by atoms with Gasteiger partial charge in [0.15, 0.2) is 0 Å². The highest BCUT2D eigenvalue weighted by Crippen LogP contribution is 2.29. The maximum atomic E-state index is 6.09. The van der Waals surface area contributed by atoms with Crippen LogP contribution in [0.3, 0.4) is 0 Å². The van der Waals surface area contributed by atoms with E-state index in [4.69, 9.17) is 5.73 Å². The summed E-state index contributed by atoms with van der Waals surface area (Å²) in [5.41, 5.74) is 8.21. The van der Waals surface area contributed by atoms with Crippen LogP contribution in [0.25, 0.3) is 0 Å². The van der Waals surface area contributed by atoms with E-state index in [1.165, 1.54) is 44.5 Å². The van der Waals surface area contributed by atoms with Gasteiger partial charge in [-0.3, -0.25) is 4.90 Å². The molecule has 3 heteroatoms. The van der Waals surface area contributed by atoms with Crippen molar-refractivity contribution in [3.63, 3.8) is 0 Å². The molecule has 1 aromatic carbocycles. The lowest BCUT2D eigenvalue weighted by Crippen LogP contribution is -2.51. The third kappa shape index (κ3) is 2.93. The number of benzene rings is 1. The normalized spacial score (nSPS) is 28.6. The van der Waals surface area contributed by atoms with Gasteiger partial charge in [0.1, 0.15) is 0 Å². The van der Waals surface area contributed by atoms with Crippen LogP contribution in [0.4, 0.5) is 11.4 Å². The molecular formula is C17H27N3. The van der Waals surface area contributed by atoms with Gasteiger partial charge in [-0.15, -0.1) is 0 Å². The van der Waals surface area contributed by atoms with E-state index in [0.29, 0.717) is 0 Å². The van der Waals surface area contributed by atoms with Crippen LogP contribution in [0.1, 0.15) is 32.6 Å². The van der Waals surface area contributed by atoms with Gasteiger partial charge in [0, 0.05) is 32.2 Å². The molecule has 20 heavy (non-hydrogen) atoms. The van der Waals surface area contributed by atoms with Crippen LogP contribution >= 0.6 is 0 Å². The van der Waals surface area contributed by atoms with E-state index in [-0.39, 0.29) is 0 Å². The molecule has 0 aromatic heterocycles. The first-order chi connectivity index (χ1) is 9.74. The summed E-state index contributed by atoms with van der Waals surface area (Å²) in [5, 5.41) is 0. The molecule has 1 saturated heterocycles. The van der Waals surface area contributed by atoms with Crippen LogP contribution in [0.5, 0.6) is 0 Å². The second kappa shape index (κ2) is 6.04. The van der Waals surface area contributed by atoms with E-state index in [9.17, 15) is 0 Å². The molecule has 1 saturated carbocycles. The molecule has 0 bridgehead atoms. The van der Waals surface area contributed by atoms with Crippen molar-refractivity contribution in [1.82, 2.24) is 4.90 Å². The standard InChI is InChI=1S/C17H27N3/c1-14-5-4-6-15(13-14)19-9-11-20(12-10-19)17-8-3-2-7-16(17)18/h2-3,7-8,14-15H,4-6,9-13,18H2,1H3. The summed E-state index contributed by atoms with van der Waals surface area (Å²) in [6.45, 7) is 7.00. The van der Waals surface area contributed by atoms with Gasteiger partial charge in [-0.25, -0.2) is 0 Å². The van der Waals surface area contributed by atoms with Gasteiger partial charge in [0.25, 0.3) is 0 Å². The van der Waals surface area contributed by atoms with Crippen molar-refractivity contribution in [3.05, 3.63) is 24.3 Å². The molecule has 3 nitrogen and oxygen atoms in total. The van der Waals surface area contributed by atoms with E-state index < -0.39 is 0 Å². The third-order valence-electron chi connectivity index (χ3n) is 5.02. The molecule has 0 spiro atoms. The van der Waals surface area contributed by atoms with E-state index in [1.807, 2.05) is 12.1 Å². The Labute approximate surface area is 122 Å². The molecule has 2 N–H and O–H groups in total. The molecule has 110 valence electrons. The SMILES string of the molecule is CC1CCCC(N2CCN(c3ccccc3N)CC2)C1. The number of nitrogens with zero attached hydrogens (tertiary/aromatic N) is 2. The van der Waals surface area contributed by atoms with Gasteiger partial charge in [-0.2, -0.15) is 0 Å². The quantitative estimate of drug-likeness (QED) is 0.841. The molecule has 2 fully saturated rings. The van der Waals surface area contributed by atoms with Crippen molar-refractivity contribution >= 4 is 11.4 Å². The summed E-state index contributed by atoms with van der Waals surface area (Å²) in [5.74, 6) is 0.913. The average molecular weight is 273 g/mol. The second-order valence-electron chi connectivity index (χ2n) is 6.51. The van der Waals surface area contributed by atoms with Crippen LogP contribution < -0.4 is 10.6 Å². The van der Waals surface area contributed by atoms with Crippen LogP contribution in [-0.4, -0.2) is 37.1 Å². The summed E-state index contributed by atoms with van der Waals surface area (Å²) in [7, 11) is 0. The van der Waals surface area contributed by atoms with Crippen LogP contribution in [-0.2, 0) is 0 Å².